The van der Waals surface area contributed by atoms with Gasteiger partial charge in [0.1, 0.15) is 23.4 Å². The number of carbonyl (C=O) groups is 1. The minimum Gasteiger partial charge on any atom is -0.438 e. The Morgan fingerprint density at radius 3 is 2.52 bits per heavy atom. The van der Waals surface area contributed by atoms with Crippen molar-refractivity contribution in [1.29, 1.82) is 5.26 Å². The van der Waals surface area contributed by atoms with Crippen LogP contribution in [0.15, 0.2) is 66.9 Å². The van der Waals surface area contributed by atoms with Gasteiger partial charge < -0.3 is 10.1 Å². The first-order valence-corrected chi connectivity index (χ1v) is 10.3. The number of nitrogens with zero attached hydrogens (tertiary/aromatic N) is 3. The van der Waals surface area contributed by atoms with Crippen LogP contribution in [0.1, 0.15) is 36.6 Å². The van der Waals surface area contributed by atoms with E-state index in [0.717, 1.165) is 24.2 Å². The van der Waals surface area contributed by atoms with Gasteiger partial charge in [-0.25, -0.2) is 4.98 Å². The molecule has 1 N–H and O–H groups in total. The number of nitrogens with one attached hydrogen (secondary N) is 1. The fourth-order valence-corrected chi connectivity index (χ4v) is 3.46. The topological polar surface area (TPSA) is 78.2 Å². The maximum absolute atomic E-state index is 13.3. The Balaban J connectivity index is 1.81. The van der Waals surface area contributed by atoms with E-state index in [2.05, 4.69) is 35.1 Å². The molecular weight excluding hydrogens is 388 g/mol. The molecule has 2 aromatic carbocycles. The second-order valence-corrected chi connectivity index (χ2v) is 7.07. The molecule has 1 unspecified atom stereocenters. The molecule has 1 aromatic heterocycles. The zero-order valence-electron chi connectivity index (χ0n) is 18.0. The van der Waals surface area contributed by atoms with Crippen LogP contribution < -0.4 is 10.1 Å². The average molecular weight is 415 g/mol. The number of likely N-dealkylation sites (N-methyl/N-ethyl adjacent to an activating group) is 1. The molecule has 0 spiro atoms. The first kappa shape index (κ1) is 22.0. The maximum Gasteiger partial charge on any atom is 0.246 e. The Hall–Kier alpha value is -3.69. The van der Waals surface area contributed by atoms with Gasteiger partial charge in [-0.3, -0.25) is 9.69 Å². The lowest BCUT2D eigenvalue weighted by atomic mass is 10.0. The van der Waals surface area contributed by atoms with E-state index in [4.69, 9.17) is 4.74 Å². The molecule has 31 heavy (non-hydrogen) atoms. The van der Waals surface area contributed by atoms with Crippen molar-refractivity contribution in [3.05, 3.63) is 83.6 Å². The molecule has 0 saturated carbocycles. The van der Waals surface area contributed by atoms with Gasteiger partial charge in [0.05, 0.1) is 0 Å². The van der Waals surface area contributed by atoms with Gasteiger partial charge in [-0.2, -0.15) is 5.26 Å². The molecule has 0 radical (unpaired) electrons. The number of aromatic nitrogens is 1. The number of amides is 1. The number of aryl methyl sites for hydroxylation is 1. The predicted octanol–water partition coefficient (Wildman–Crippen LogP) is 5.08. The van der Waals surface area contributed by atoms with Crippen molar-refractivity contribution in [2.75, 3.05) is 18.4 Å². The Labute approximate surface area is 183 Å². The summed E-state index contributed by atoms with van der Waals surface area (Å²) in [7, 11) is 0. The molecule has 3 aromatic rings. The number of hydrogen-bond acceptors (Lipinski definition) is 5. The number of pyridine rings is 1. The third-order valence-electron chi connectivity index (χ3n) is 5.10. The highest BCUT2D eigenvalue weighted by molar-refractivity contribution is 5.96. The molecule has 0 aliphatic carbocycles. The zero-order valence-corrected chi connectivity index (χ0v) is 18.0. The third-order valence-corrected chi connectivity index (χ3v) is 5.10. The zero-order chi connectivity index (χ0) is 22.2. The number of benzene rings is 2. The van der Waals surface area contributed by atoms with Crippen molar-refractivity contribution in [2.24, 2.45) is 0 Å². The van der Waals surface area contributed by atoms with Gasteiger partial charge in [-0.1, -0.05) is 44.2 Å². The van der Waals surface area contributed by atoms with E-state index in [1.54, 1.807) is 24.4 Å². The van der Waals surface area contributed by atoms with Crippen molar-refractivity contribution < 1.29 is 9.53 Å². The summed E-state index contributed by atoms with van der Waals surface area (Å²) >= 11 is 0. The van der Waals surface area contributed by atoms with Crippen LogP contribution in [0, 0.1) is 18.3 Å². The normalized spacial score (nSPS) is 11.6. The molecule has 0 saturated heterocycles. The van der Waals surface area contributed by atoms with E-state index in [0.29, 0.717) is 17.0 Å². The lowest BCUT2D eigenvalue weighted by Gasteiger charge is -2.29. The van der Waals surface area contributed by atoms with Gasteiger partial charge in [-0.15, -0.1) is 0 Å². The fraction of sp³-hybridized carbons (Fsp3) is 0.240. The summed E-state index contributed by atoms with van der Waals surface area (Å²) in [5, 5.41) is 12.3. The molecule has 0 bridgehead atoms. The number of anilines is 1. The van der Waals surface area contributed by atoms with Crippen LogP contribution in [0.25, 0.3) is 0 Å². The molecule has 3 rings (SSSR count). The summed E-state index contributed by atoms with van der Waals surface area (Å²) in [6.07, 6.45) is 1.58. The Morgan fingerprint density at radius 1 is 1.13 bits per heavy atom. The van der Waals surface area contributed by atoms with Crippen molar-refractivity contribution in [3.63, 3.8) is 0 Å². The van der Waals surface area contributed by atoms with Gasteiger partial charge in [0.2, 0.25) is 11.8 Å². The second kappa shape index (κ2) is 10.4. The Morgan fingerprint density at radius 2 is 1.87 bits per heavy atom. The molecule has 1 heterocycles. The summed E-state index contributed by atoms with van der Waals surface area (Å²) in [5.41, 5.74) is 2.89. The summed E-state index contributed by atoms with van der Waals surface area (Å²) in [6.45, 7) is 7.54. The van der Waals surface area contributed by atoms with Crippen LogP contribution in [0.3, 0.4) is 0 Å². The lowest BCUT2D eigenvalue weighted by molar-refractivity contribution is -0.121. The molecule has 0 fully saturated rings. The molecule has 0 aliphatic rings. The first-order valence-electron chi connectivity index (χ1n) is 10.3. The third kappa shape index (κ3) is 5.27. The van der Waals surface area contributed by atoms with Crippen LogP contribution in [-0.4, -0.2) is 28.9 Å². The number of carbonyl (C=O) groups excluding carboxylic acids is 1. The molecule has 6 heteroatoms. The van der Waals surface area contributed by atoms with E-state index in [1.165, 1.54) is 0 Å². The number of ether oxygens (including phenoxy) is 1. The van der Waals surface area contributed by atoms with E-state index in [-0.39, 0.29) is 17.8 Å². The molecule has 0 aliphatic heterocycles. The average Bonchev–Trinajstić information content (AvgIpc) is 2.80. The fourth-order valence-electron chi connectivity index (χ4n) is 3.46. The van der Waals surface area contributed by atoms with Gasteiger partial charge in [0.25, 0.3) is 0 Å². The molecule has 158 valence electrons. The standard InChI is InChI=1S/C25H26N4O2/c1-4-29(5-2)23(19-10-7-6-8-11-19)24(30)28-22-14-13-21(16-18(22)3)31-25-20(17-26)12-9-15-27-25/h6-16,23H,4-5H2,1-3H3,(H,28,30). The van der Waals surface area contributed by atoms with Crippen LogP contribution in [-0.2, 0) is 4.79 Å². The minimum atomic E-state index is -0.377. The monoisotopic (exact) mass is 414 g/mol. The van der Waals surface area contributed by atoms with E-state index >= 15 is 0 Å². The van der Waals surface area contributed by atoms with Gasteiger partial charge in [-0.05, 0) is 61.5 Å². The quantitative estimate of drug-likeness (QED) is 0.556. The lowest BCUT2D eigenvalue weighted by Crippen LogP contribution is -2.37. The second-order valence-electron chi connectivity index (χ2n) is 7.07. The summed E-state index contributed by atoms with van der Waals surface area (Å²) in [4.78, 5) is 19.5. The largest absolute Gasteiger partial charge is 0.438 e. The van der Waals surface area contributed by atoms with E-state index < -0.39 is 0 Å². The molecule has 6 nitrogen and oxygen atoms in total. The van der Waals surface area contributed by atoms with Crippen LogP contribution in [0.4, 0.5) is 5.69 Å². The van der Waals surface area contributed by atoms with Crippen molar-refractivity contribution in [3.8, 4) is 17.7 Å². The Bertz CT molecular complexity index is 1070. The van der Waals surface area contributed by atoms with E-state index in [1.807, 2.05) is 49.4 Å². The minimum absolute atomic E-state index is 0.0804. The summed E-state index contributed by atoms with van der Waals surface area (Å²) in [6, 6.07) is 20.2. The highest BCUT2D eigenvalue weighted by Gasteiger charge is 2.26. The molecular formula is C25H26N4O2. The SMILES string of the molecule is CCN(CC)C(C(=O)Nc1ccc(Oc2ncccc2C#N)cc1C)c1ccccc1. The number of nitriles is 1. The Kier molecular flexibility index (Phi) is 7.36. The smallest absolute Gasteiger partial charge is 0.246 e. The van der Waals surface area contributed by atoms with Crippen molar-refractivity contribution in [1.82, 2.24) is 9.88 Å². The highest BCUT2D eigenvalue weighted by atomic mass is 16.5. The van der Waals surface area contributed by atoms with Crippen molar-refractivity contribution >= 4 is 11.6 Å². The number of rotatable bonds is 8. The van der Waals surface area contributed by atoms with Crippen LogP contribution in [0.5, 0.6) is 11.6 Å². The molecule has 1 amide bonds. The number of hydrogen-bond donors (Lipinski definition) is 1. The van der Waals surface area contributed by atoms with Gasteiger partial charge in [0.15, 0.2) is 0 Å². The summed E-state index contributed by atoms with van der Waals surface area (Å²) < 4.78 is 5.78. The van der Waals surface area contributed by atoms with Crippen LogP contribution >= 0.6 is 0 Å². The van der Waals surface area contributed by atoms with Crippen LogP contribution in [0.2, 0.25) is 0 Å². The van der Waals surface area contributed by atoms with Crippen molar-refractivity contribution in [2.45, 2.75) is 26.8 Å². The highest BCUT2D eigenvalue weighted by Crippen LogP contribution is 2.28. The van der Waals surface area contributed by atoms with Gasteiger partial charge >= 0.3 is 0 Å². The van der Waals surface area contributed by atoms with Gasteiger partial charge in [0, 0.05) is 11.9 Å². The van der Waals surface area contributed by atoms with E-state index in [9.17, 15) is 10.1 Å². The maximum atomic E-state index is 13.3. The first-order chi connectivity index (χ1) is 15.1. The molecule has 1 atom stereocenters. The predicted molar refractivity (Wildman–Crippen MR) is 121 cm³/mol. The summed E-state index contributed by atoms with van der Waals surface area (Å²) in [5.74, 6) is 0.726.